The van der Waals surface area contributed by atoms with E-state index < -0.39 is 0 Å². The first-order valence-corrected chi connectivity index (χ1v) is 11.4. The van der Waals surface area contributed by atoms with E-state index in [1.807, 2.05) is 50.2 Å². The Balaban J connectivity index is 1.33. The van der Waals surface area contributed by atoms with Gasteiger partial charge in [-0.2, -0.15) is 0 Å². The lowest BCUT2D eigenvalue weighted by molar-refractivity contribution is -0.117. The van der Waals surface area contributed by atoms with Gasteiger partial charge >= 0.3 is 5.69 Å². The summed E-state index contributed by atoms with van der Waals surface area (Å²) in [5.41, 5.74) is 4.11. The molecular formula is C25H27N7O2. The number of benzene rings is 2. The number of carbonyl (C=O) groups excluding carboxylic acids is 1. The third-order valence-electron chi connectivity index (χ3n) is 6.13. The van der Waals surface area contributed by atoms with Gasteiger partial charge in [0.05, 0.1) is 0 Å². The molecule has 174 valence electrons. The maximum atomic E-state index is 12.9. The van der Waals surface area contributed by atoms with E-state index in [9.17, 15) is 9.59 Å². The summed E-state index contributed by atoms with van der Waals surface area (Å²) in [5.74, 6) is 0.351. The molecule has 0 atom stereocenters. The Labute approximate surface area is 197 Å². The molecule has 34 heavy (non-hydrogen) atoms. The van der Waals surface area contributed by atoms with Gasteiger partial charge in [0.25, 0.3) is 0 Å². The normalized spacial score (nSPS) is 13.9. The fourth-order valence-electron chi connectivity index (χ4n) is 4.36. The lowest BCUT2D eigenvalue weighted by atomic mass is 10.1. The first kappa shape index (κ1) is 21.7. The molecule has 2 aromatic carbocycles. The van der Waals surface area contributed by atoms with Crippen molar-refractivity contribution in [2.45, 2.75) is 20.4 Å². The molecule has 1 fully saturated rings. The number of aromatic nitrogens is 4. The SMILES string of the molecule is Cc1ccc(NC(=O)Cn2nc3c(N4CCN(c5ccccc5)CC4)nccn3c2=O)c(C)c1. The van der Waals surface area contributed by atoms with Crippen LogP contribution in [0.25, 0.3) is 5.65 Å². The summed E-state index contributed by atoms with van der Waals surface area (Å²) < 4.78 is 2.65. The zero-order chi connectivity index (χ0) is 23.7. The van der Waals surface area contributed by atoms with Gasteiger partial charge in [-0.25, -0.2) is 18.9 Å². The average molecular weight is 458 g/mol. The van der Waals surface area contributed by atoms with Crippen molar-refractivity contribution in [1.29, 1.82) is 0 Å². The molecule has 3 heterocycles. The predicted molar refractivity (Wildman–Crippen MR) is 133 cm³/mol. The zero-order valence-electron chi connectivity index (χ0n) is 19.3. The monoisotopic (exact) mass is 457 g/mol. The first-order valence-electron chi connectivity index (χ1n) is 11.4. The van der Waals surface area contributed by atoms with Crippen LogP contribution < -0.4 is 20.8 Å². The van der Waals surface area contributed by atoms with Crippen LogP contribution in [0.5, 0.6) is 0 Å². The summed E-state index contributed by atoms with van der Waals surface area (Å²) in [6, 6.07) is 16.1. The lowest BCUT2D eigenvalue weighted by Crippen LogP contribution is -2.47. The number of rotatable bonds is 5. The van der Waals surface area contributed by atoms with Crippen LogP contribution in [0.3, 0.4) is 0 Å². The standard InChI is InChI=1S/C25H27N7O2/c1-18-8-9-21(19(2)16-18)27-22(33)17-32-25(34)31-11-10-26-23(24(31)28-32)30-14-12-29(13-15-30)20-6-4-3-5-7-20/h3-11,16H,12-15,17H2,1-2H3,(H,27,33). The Morgan fingerprint density at radius 2 is 1.74 bits per heavy atom. The highest BCUT2D eigenvalue weighted by atomic mass is 16.2. The van der Waals surface area contributed by atoms with Gasteiger partial charge < -0.3 is 15.1 Å². The molecule has 0 aliphatic carbocycles. The molecular weight excluding hydrogens is 430 g/mol. The molecule has 1 aliphatic heterocycles. The fourth-order valence-corrected chi connectivity index (χ4v) is 4.36. The van der Waals surface area contributed by atoms with Crippen LogP contribution in [-0.4, -0.2) is 51.3 Å². The molecule has 2 aromatic heterocycles. The van der Waals surface area contributed by atoms with Crippen molar-refractivity contribution in [1.82, 2.24) is 19.2 Å². The van der Waals surface area contributed by atoms with Gasteiger partial charge in [0, 0.05) is 49.9 Å². The van der Waals surface area contributed by atoms with Crippen molar-refractivity contribution in [3.63, 3.8) is 0 Å². The van der Waals surface area contributed by atoms with Crippen molar-refractivity contribution >= 4 is 28.7 Å². The Morgan fingerprint density at radius 3 is 2.47 bits per heavy atom. The summed E-state index contributed by atoms with van der Waals surface area (Å²) in [6.07, 6.45) is 3.20. The molecule has 0 unspecified atom stereocenters. The second-order valence-corrected chi connectivity index (χ2v) is 8.56. The van der Waals surface area contributed by atoms with E-state index in [0.29, 0.717) is 11.5 Å². The average Bonchev–Trinajstić information content (AvgIpc) is 3.17. The molecule has 1 aliphatic rings. The minimum Gasteiger partial charge on any atom is -0.368 e. The molecule has 0 radical (unpaired) electrons. The quantitative estimate of drug-likeness (QED) is 0.495. The minimum absolute atomic E-state index is 0.172. The largest absolute Gasteiger partial charge is 0.368 e. The summed E-state index contributed by atoms with van der Waals surface area (Å²) in [4.78, 5) is 34.6. The predicted octanol–water partition coefficient (Wildman–Crippen LogP) is 2.47. The van der Waals surface area contributed by atoms with Gasteiger partial charge in [0.1, 0.15) is 6.54 Å². The first-order chi connectivity index (χ1) is 16.5. The Morgan fingerprint density at radius 1 is 1.00 bits per heavy atom. The van der Waals surface area contributed by atoms with Gasteiger partial charge in [0.15, 0.2) is 5.82 Å². The van der Waals surface area contributed by atoms with Crippen LogP contribution >= 0.6 is 0 Å². The number of nitrogens with one attached hydrogen (secondary N) is 1. The number of anilines is 3. The van der Waals surface area contributed by atoms with Crippen LogP contribution in [0.2, 0.25) is 0 Å². The second kappa shape index (κ2) is 9.01. The summed E-state index contributed by atoms with van der Waals surface area (Å²) >= 11 is 0. The summed E-state index contributed by atoms with van der Waals surface area (Å²) in [5, 5.41) is 7.35. The van der Waals surface area contributed by atoms with Crippen molar-refractivity contribution in [3.05, 3.63) is 82.5 Å². The van der Waals surface area contributed by atoms with E-state index in [1.54, 1.807) is 12.4 Å². The number of carbonyl (C=O) groups is 1. The van der Waals surface area contributed by atoms with Crippen LogP contribution in [0, 0.1) is 13.8 Å². The van der Waals surface area contributed by atoms with Gasteiger partial charge in [-0.1, -0.05) is 35.9 Å². The molecule has 9 nitrogen and oxygen atoms in total. The van der Waals surface area contributed by atoms with Crippen molar-refractivity contribution in [2.24, 2.45) is 0 Å². The van der Waals surface area contributed by atoms with Crippen molar-refractivity contribution in [2.75, 3.05) is 41.3 Å². The van der Waals surface area contributed by atoms with Crippen molar-refractivity contribution in [3.8, 4) is 0 Å². The Kier molecular flexibility index (Phi) is 5.75. The molecule has 5 rings (SSSR count). The van der Waals surface area contributed by atoms with Gasteiger partial charge in [-0.3, -0.25) is 4.79 Å². The number of fused-ring (bicyclic) bond motifs is 1. The Bertz CT molecular complexity index is 1390. The molecule has 1 N–H and O–H groups in total. The molecule has 1 saturated heterocycles. The second-order valence-electron chi connectivity index (χ2n) is 8.56. The lowest BCUT2D eigenvalue weighted by Gasteiger charge is -2.36. The van der Waals surface area contributed by atoms with Gasteiger partial charge in [-0.05, 0) is 37.6 Å². The number of piperazine rings is 1. The highest BCUT2D eigenvalue weighted by Gasteiger charge is 2.22. The molecule has 0 saturated carbocycles. The third kappa shape index (κ3) is 4.24. The molecule has 0 bridgehead atoms. The highest BCUT2D eigenvalue weighted by molar-refractivity contribution is 5.91. The van der Waals surface area contributed by atoms with Crippen molar-refractivity contribution < 1.29 is 4.79 Å². The van der Waals surface area contributed by atoms with E-state index in [2.05, 4.69) is 37.3 Å². The van der Waals surface area contributed by atoms with E-state index in [-0.39, 0.29) is 18.1 Å². The van der Waals surface area contributed by atoms with E-state index in [0.717, 1.165) is 43.0 Å². The number of amides is 1. The number of nitrogens with zero attached hydrogens (tertiary/aromatic N) is 6. The molecule has 0 spiro atoms. The smallest absolute Gasteiger partial charge is 0.350 e. The van der Waals surface area contributed by atoms with Gasteiger partial charge in [-0.15, -0.1) is 5.10 Å². The summed E-state index contributed by atoms with van der Waals surface area (Å²) in [6.45, 7) is 6.98. The minimum atomic E-state index is -0.364. The van der Waals surface area contributed by atoms with Crippen LogP contribution in [0.4, 0.5) is 17.2 Å². The topological polar surface area (TPSA) is 87.8 Å². The maximum absolute atomic E-state index is 12.9. The van der Waals surface area contributed by atoms with Gasteiger partial charge in [0.2, 0.25) is 11.6 Å². The molecule has 1 amide bonds. The number of aryl methyl sites for hydroxylation is 2. The van der Waals surface area contributed by atoms with Crippen LogP contribution in [0.1, 0.15) is 11.1 Å². The Hall–Kier alpha value is -4.14. The fraction of sp³-hybridized carbons (Fsp3) is 0.280. The van der Waals surface area contributed by atoms with E-state index in [4.69, 9.17) is 0 Å². The van der Waals surface area contributed by atoms with E-state index >= 15 is 0 Å². The third-order valence-corrected chi connectivity index (χ3v) is 6.13. The number of para-hydroxylation sites is 1. The maximum Gasteiger partial charge on any atom is 0.350 e. The zero-order valence-corrected chi connectivity index (χ0v) is 19.3. The number of hydrogen-bond acceptors (Lipinski definition) is 6. The van der Waals surface area contributed by atoms with Crippen LogP contribution in [-0.2, 0) is 11.3 Å². The molecule has 4 aromatic rings. The summed E-state index contributed by atoms with van der Waals surface area (Å²) in [7, 11) is 0. The molecule has 9 heteroatoms. The van der Waals surface area contributed by atoms with E-state index in [1.165, 1.54) is 14.8 Å². The highest BCUT2D eigenvalue weighted by Crippen LogP contribution is 2.21. The number of hydrogen-bond donors (Lipinski definition) is 1. The van der Waals surface area contributed by atoms with Crippen LogP contribution in [0.15, 0.2) is 65.7 Å².